The van der Waals surface area contributed by atoms with Crippen molar-refractivity contribution in [2.45, 2.75) is 6.54 Å². The summed E-state index contributed by atoms with van der Waals surface area (Å²) in [7, 11) is 0. The van der Waals surface area contributed by atoms with Gasteiger partial charge < -0.3 is 19.3 Å². The average molecular weight is 422 g/mol. The van der Waals surface area contributed by atoms with Crippen molar-refractivity contribution in [3.63, 3.8) is 0 Å². The molecule has 4 aromatic rings. The van der Waals surface area contributed by atoms with Crippen molar-refractivity contribution >= 4 is 16.9 Å². The number of aromatic hydroxyl groups is 1. The Balaban J connectivity index is 1.68. The fraction of sp³-hybridized carbons (Fsp3) is 0.217. The number of halogens is 2. The van der Waals surface area contributed by atoms with Crippen LogP contribution < -0.4 is 4.90 Å². The number of phenols is 1. The molecule has 0 spiro atoms. The second kappa shape index (κ2) is 7.96. The Kier molecular flexibility index (Phi) is 4.99. The first-order chi connectivity index (χ1) is 15.1. The molecular formula is C23H20F2N4O2. The first-order valence-electron chi connectivity index (χ1n) is 10.00. The highest BCUT2D eigenvalue weighted by molar-refractivity contribution is 5.93. The van der Waals surface area contributed by atoms with Crippen LogP contribution in [0.4, 0.5) is 14.6 Å². The Morgan fingerprint density at radius 3 is 2.35 bits per heavy atom. The molecule has 0 atom stereocenters. The second-order valence-electron chi connectivity index (χ2n) is 7.47. The molecule has 0 aliphatic carbocycles. The molecule has 5 rings (SSSR count). The number of hydrogen-bond acceptors (Lipinski definition) is 5. The number of morpholine rings is 1. The fourth-order valence-electron chi connectivity index (χ4n) is 3.99. The molecular weight excluding hydrogens is 402 g/mol. The summed E-state index contributed by atoms with van der Waals surface area (Å²) in [5.41, 5.74) is 2.82. The van der Waals surface area contributed by atoms with Gasteiger partial charge in [0.05, 0.1) is 24.3 Å². The van der Waals surface area contributed by atoms with Crippen LogP contribution in [0.3, 0.4) is 0 Å². The van der Waals surface area contributed by atoms with E-state index in [0.29, 0.717) is 24.4 Å². The van der Waals surface area contributed by atoms with Crippen LogP contribution in [0.1, 0.15) is 5.56 Å². The van der Waals surface area contributed by atoms with E-state index in [4.69, 9.17) is 4.74 Å². The molecule has 2 aromatic carbocycles. The summed E-state index contributed by atoms with van der Waals surface area (Å²) in [5, 5.41) is 10.5. The maximum absolute atomic E-state index is 13.8. The molecule has 31 heavy (non-hydrogen) atoms. The number of anilines is 1. The molecule has 2 aromatic heterocycles. The molecule has 0 saturated carbocycles. The summed E-state index contributed by atoms with van der Waals surface area (Å²) in [6.07, 6.45) is 1.51. The van der Waals surface area contributed by atoms with Gasteiger partial charge in [-0.1, -0.05) is 0 Å². The highest BCUT2D eigenvalue weighted by Crippen LogP contribution is 2.33. The molecule has 8 heteroatoms. The SMILES string of the molecule is Oc1ccc(-c2cc3c(N4CCOCC4)ncnc3n2Cc2cc(F)cc(F)c2)cc1. The van der Waals surface area contributed by atoms with Crippen LogP contribution in [0.25, 0.3) is 22.3 Å². The van der Waals surface area contributed by atoms with Gasteiger partial charge in [0.25, 0.3) is 0 Å². The number of rotatable bonds is 4. The van der Waals surface area contributed by atoms with E-state index in [1.54, 1.807) is 24.3 Å². The first-order valence-corrected chi connectivity index (χ1v) is 10.00. The molecule has 6 nitrogen and oxygen atoms in total. The third-order valence-electron chi connectivity index (χ3n) is 5.41. The standard InChI is InChI=1S/C23H20F2N4O2/c24-17-9-15(10-18(25)11-17)13-29-21(16-1-3-19(30)4-2-16)12-20-22(26-14-27-23(20)29)28-5-7-31-8-6-28/h1-4,9-12,14,30H,5-8,13H2. The molecule has 1 N–H and O–H groups in total. The lowest BCUT2D eigenvalue weighted by atomic mass is 10.1. The second-order valence-corrected chi connectivity index (χ2v) is 7.47. The van der Waals surface area contributed by atoms with Gasteiger partial charge in [-0.05, 0) is 53.6 Å². The highest BCUT2D eigenvalue weighted by Gasteiger charge is 2.21. The lowest BCUT2D eigenvalue weighted by Crippen LogP contribution is -2.36. The number of phenolic OH excluding ortho intramolecular Hbond substituents is 1. The van der Waals surface area contributed by atoms with Crippen molar-refractivity contribution < 1.29 is 18.6 Å². The van der Waals surface area contributed by atoms with E-state index in [1.165, 1.54) is 18.5 Å². The van der Waals surface area contributed by atoms with Gasteiger partial charge in [-0.2, -0.15) is 0 Å². The number of aromatic nitrogens is 3. The van der Waals surface area contributed by atoms with Crippen molar-refractivity contribution in [1.29, 1.82) is 0 Å². The van der Waals surface area contributed by atoms with Crippen molar-refractivity contribution in [1.82, 2.24) is 14.5 Å². The summed E-state index contributed by atoms with van der Waals surface area (Å²) < 4.78 is 35.0. The van der Waals surface area contributed by atoms with E-state index < -0.39 is 11.6 Å². The normalized spacial score (nSPS) is 14.3. The topological polar surface area (TPSA) is 63.4 Å². The van der Waals surface area contributed by atoms with Crippen molar-refractivity contribution in [2.24, 2.45) is 0 Å². The van der Waals surface area contributed by atoms with E-state index in [2.05, 4.69) is 14.9 Å². The maximum atomic E-state index is 13.8. The zero-order valence-electron chi connectivity index (χ0n) is 16.6. The summed E-state index contributed by atoms with van der Waals surface area (Å²) >= 11 is 0. The number of benzene rings is 2. The van der Waals surface area contributed by atoms with Gasteiger partial charge in [0.2, 0.25) is 0 Å². The number of nitrogens with zero attached hydrogens (tertiary/aromatic N) is 4. The van der Waals surface area contributed by atoms with Crippen LogP contribution in [-0.4, -0.2) is 45.9 Å². The van der Waals surface area contributed by atoms with Crippen LogP contribution >= 0.6 is 0 Å². The van der Waals surface area contributed by atoms with Gasteiger partial charge in [-0.15, -0.1) is 0 Å². The zero-order valence-corrected chi connectivity index (χ0v) is 16.6. The quantitative estimate of drug-likeness (QED) is 0.539. The lowest BCUT2D eigenvalue weighted by Gasteiger charge is -2.28. The molecule has 0 radical (unpaired) electrons. The highest BCUT2D eigenvalue weighted by atomic mass is 19.1. The predicted molar refractivity (Wildman–Crippen MR) is 113 cm³/mol. The van der Waals surface area contributed by atoms with Gasteiger partial charge in [-0.3, -0.25) is 0 Å². The molecule has 1 saturated heterocycles. The van der Waals surface area contributed by atoms with Gasteiger partial charge in [0.1, 0.15) is 35.2 Å². The molecule has 0 amide bonds. The molecule has 158 valence electrons. The smallest absolute Gasteiger partial charge is 0.146 e. The van der Waals surface area contributed by atoms with E-state index >= 15 is 0 Å². The van der Waals surface area contributed by atoms with Crippen LogP contribution in [0, 0.1) is 11.6 Å². The van der Waals surface area contributed by atoms with E-state index in [0.717, 1.165) is 41.6 Å². The minimum atomic E-state index is -0.624. The minimum Gasteiger partial charge on any atom is -0.508 e. The van der Waals surface area contributed by atoms with Crippen LogP contribution in [-0.2, 0) is 11.3 Å². The Labute approximate surface area is 177 Å². The van der Waals surface area contributed by atoms with Crippen molar-refractivity contribution in [3.8, 4) is 17.0 Å². The lowest BCUT2D eigenvalue weighted by molar-refractivity contribution is 0.122. The van der Waals surface area contributed by atoms with Crippen LogP contribution in [0.5, 0.6) is 5.75 Å². The van der Waals surface area contributed by atoms with Gasteiger partial charge in [0, 0.05) is 25.7 Å². The summed E-state index contributed by atoms with van der Waals surface area (Å²) in [6, 6.07) is 12.3. The van der Waals surface area contributed by atoms with Crippen molar-refractivity contribution in [2.75, 3.05) is 31.2 Å². The predicted octanol–water partition coefficient (Wildman–Crippen LogP) is 3.97. The largest absolute Gasteiger partial charge is 0.508 e. The minimum absolute atomic E-state index is 0.160. The zero-order chi connectivity index (χ0) is 21.4. The summed E-state index contributed by atoms with van der Waals surface area (Å²) in [5.74, 6) is -0.285. The molecule has 1 aliphatic rings. The van der Waals surface area contributed by atoms with Crippen molar-refractivity contribution in [3.05, 3.63) is 72.1 Å². The van der Waals surface area contributed by atoms with Gasteiger partial charge in [-0.25, -0.2) is 18.7 Å². The first kappa shape index (κ1) is 19.4. The molecule has 1 fully saturated rings. The van der Waals surface area contributed by atoms with Gasteiger partial charge in [0.15, 0.2) is 0 Å². The summed E-state index contributed by atoms with van der Waals surface area (Å²) in [6.45, 7) is 2.93. The van der Waals surface area contributed by atoms with E-state index in [-0.39, 0.29) is 12.3 Å². The van der Waals surface area contributed by atoms with Gasteiger partial charge >= 0.3 is 0 Å². The molecule has 3 heterocycles. The van der Waals surface area contributed by atoms with E-state index in [9.17, 15) is 13.9 Å². The Bertz CT molecular complexity index is 1210. The third-order valence-corrected chi connectivity index (χ3v) is 5.41. The Hall–Kier alpha value is -3.52. The monoisotopic (exact) mass is 422 g/mol. The Morgan fingerprint density at radius 2 is 1.65 bits per heavy atom. The summed E-state index contributed by atoms with van der Waals surface area (Å²) in [4.78, 5) is 11.2. The average Bonchev–Trinajstić information content (AvgIpc) is 3.12. The maximum Gasteiger partial charge on any atom is 0.146 e. The molecule has 1 aliphatic heterocycles. The van der Waals surface area contributed by atoms with Crippen LogP contribution in [0.2, 0.25) is 0 Å². The number of fused-ring (bicyclic) bond motifs is 1. The number of ether oxygens (including phenoxy) is 1. The van der Waals surface area contributed by atoms with Crippen LogP contribution in [0.15, 0.2) is 54.9 Å². The van der Waals surface area contributed by atoms with E-state index in [1.807, 2.05) is 10.6 Å². The molecule has 0 bridgehead atoms. The Morgan fingerprint density at radius 1 is 0.935 bits per heavy atom. The third kappa shape index (κ3) is 3.82. The molecule has 0 unspecified atom stereocenters. The fourth-order valence-corrected chi connectivity index (χ4v) is 3.99. The number of hydrogen-bond donors (Lipinski definition) is 1.